The Morgan fingerprint density at radius 1 is 0.342 bits per heavy atom. The third-order valence-electron chi connectivity index (χ3n) is 14.6. The van der Waals surface area contributed by atoms with Crippen LogP contribution in [0.4, 0.5) is 0 Å². The Morgan fingerprint density at radius 2 is 0.575 bits per heavy atom. The van der Waals surface area contributed by atoms with E-state index >= 15 is 0 Å². The van der Waals surface area contributed by atoms with E-state index in [1.807, 2.05) is 72.8 Å². The molecule has 0 unspecified atom stereocenters. The van der Waals surface area contributed by atoms with Crippen molar-refractivity contribution in [2.75, 3.05) is 27.2 Å². The molecule has 0 aliphatic rings. The quantitative estimate of drug-likeness (QED) is 0.0793. The smallest absolute Gasteiger partial charge is 0.507 e. The summed E-state index contributed by atoms with van der Waals surface area (Å²) in [4.78, 5) is 4.59. The molecule has 0 aliphatic heterocycles. The molecular weight excluding hydrogens is 1060 g/mol. The molecule has 5 heteroatoms. The van der Waals surface area contributed by atoms with Gasteiger partial charge < -0.3 is 20.0 Å². The molecule has 0 saturated carbocycles. The second-order valence-corrected chi connectivity index (χ2v) is 21.5. The van der Waals surface area contributed by atoms with E-state index in [9.17, 15) is 10.2 Å². The van der Waals surface area contributed by atoms with Crippen molar-refractivity contribution in [2.24, 2.45) is 0 Å². The van der Waals surface area contributed by atoms with Crippen LogP contribution < -0.4 is 0 Å². The van der Waals surface area contributed by atoms with Gasteiger partial charge in [-0.15, -0.1) is 24.3 Å². The van der Waals surface area contributed by atoms with Gasteiger partial charge in [0.05, 0.1) is 0 Å². The van der Waals surface area contributed by atoms with Gasteiger partial charge in [-0.2, -0.15) is 49.2 Å². The fraction of sp³-hybridized carbons (Fsp3) is 0.265. The molecule has 8 rings (SSSR count). The van der Waals surface area contributed by atoms with Gasteiger partial charge in [-0.05, 0) is 59.6 Å². The molecule has 2 N–H and O–H groups in total. The summed E-state index contributed by atoms with van der Waals surface area (Å²) < 4.78 is 0. The molecule has 0 bridgehead atoms. The van der Waals surface area contributed by atoms with E-state index in [4.69, 9.17) is 0 Å². The fourth-order valence-corrected chi connectivity index (χ4v) is 9.41. The van der Waals surface area contributed by atoms with Crippen molar-refractivity contribution in [2.45, 2.75) is 90.1 Å². The minimum atomic E-state index is -0.415. The maximum atomic E-state index is 12.1. The zero-order chi connectivity index (χ0) is 52.1. The van der Waals surface area contributed by atoms with Crippen LogP contribution in [-0.2, 0) is 60.6 Å². The summed E-state index contributed by atoms with van der Waals surface area (Å²) in [6, 6.07) is 70.9. The Labute approximate surface area is 458 Å². The third kappa shape index (κ3) is 14.8. The Bertz CT molecular complexity index is 2700. The monoisotopic (exact) mass is 1130 g/mol. The predicted molar refractivity (Wildman–Crippen MR) is 305 cm³/mol. The maximum Gasteiger partial charge on any atom is 4.00 e. The van der Waals surface area contributed by atoms with E-state index in [-0.39, 0.29) is 36.7 Å². The molecule has 0 radical (unpaired) electrons. The first kappa shape index (κ1) is 57.8. The summed E-state index contributed by atoms with van der Waals surface area (Å²) in [6.45, 7) is 28.1. The van der Waals surface area contributed by atoms with Gasteiger partial charge >= 0.3 is 25.8 Å². The van der Waals surface area contributed by atoms with E-state index in [2.05, 4.69) is 227 Å². The fourth-order valence-electron chi connectivity index (χ4n) is 9.41. The molecular formula is C68H78HfN2O2+2. The number of rotatable bonds is 15. The number of benzene rings is 8. The van der Waals surface area contributed by atoms with Crippen molar-refractivity contribution in [3.05, 3.63) is 287 Å². The number of phenols is 2. The first-order chi connectivity index (χ1) is 34.2. The van der Waals surface area contributed by atoms with E-state index in [1.165, 1.54) is 22.3 Å². The largest absolute Gasteiger partial charge is 4.00 e. The van der Waals surface area contributed by atoms with Crippen LogP contribution in [0.15, 0.2) is 206 Å². The van der Waals surface area contributed by atoms with Crippen molar-refractivity contribution in [1.29, 1.82) is 0 Å². The number of hydrogen-bond acceptors (Lipinski definition) is 4. The first-order valence-electron chi connectivity index (χ1n) is 25.3. The Hall–Kier alpha value is -6.11. The molecule has 0 saturated heterocycles. The molecule has 374 valence electrons. The minimum absolute atomic E-state index is 0. The predicted octanol–water partition coefficient (Wildman–Crippen LogP) is 15.7. The zero-order valence-electron chi connectivity index (χ0n) is 45.2. The number of nitrogens with zero attached hydrogens (tertiary/aromatic N) is 2. The van der Waals surface area contributed by atoms with Gasteiger partial charge in [0, 0.05) is 70.1 Å². The summed E-state index contributed by atoms with van der Waals surface area (Å²) in [5.74, 6) is 0.719. The SMILES string of the molecule is CN(CCN(C)Cc1cc(C(C)(C)c2ccccc2)cc(C(C)(C)c2ccccc2)c1O)Cc1cc(C(C)(C)c2ccccc2)cc(C(C)(C)c2ccccc2)c1O.[CH2-]c1ccccc1.[CH2-]c1ccccc1.[Hf+4]. The molecule has 4 nitrogen and oxygen atoms in total. The Morgan fingerprint density at radius 3 is 0.808 bits per heavy atom. The van der Waals surface area contributed by atoms with Crippen LogP contribution in [-0.4, -0.2) is 47.2 Å². The molecule has 8 aromatic carbocycles. The number of likely N-dealkylation sites (N-methyl/N-ethyl adjacent to an activating group) is 2. The second-order valence-electron chi connectivity index (χ2n) is 21.5. The third-order valence-corrected chi connectivity index (χ3v) is 14.6. The normalized spacial score (nSPS) is 11.7. The molecule has 8 aromatic rings. The molecule has 0 spiro atoms. The summed E-state index contributed by atoms with van der Waals surface area (Å²) in [7, 11) is 4.26. The summed E-state index contributed by atoms with van der Waals surface area (Å²) in [6.07, 6.45) is 0. The maximum absolute atomic E-state index is 12.1. The van der Waals surface area contributed by atoms with Crippen LogP contribution in [0.3, 0.4) is 0 Å². The van der Waals surface area contributed by atoms with E-state index < -0.39 is 10.8 Å². The Kier molecular flexibility index (Phi) is 20.3. The number of phenolic OH excluding ortho intramolecular Hbond substituents is 2. The molecule has 0 heterocycles. The van der Waals surface area contributed by atoms with Crippen LogP contribution in [0.25, 0.3) is 0 Å². The Balaban J connectivity index is 0.000000566. The summed E-state index contributed by atoms with van der Waals surface area (Å²) in [5.41, 5.74) is 11.6. The topological polar surface area (TPSA) is 46.9 Å². The molecule has 0 amide bonds. The van der Waals surface area contributed by atoms with E-state index in [1.54, 1.807) is 0 Å². The summed E-state index contributed by atoms with van der Waals surface area (Å²) >= 11 is 0. The summed E-state index contributed by atoms with van der Waals surface area (Å²) in [5, 5.41) is 24.2. The van der Waals surface area contributed by atoms with Crippen LogP contribution in [0.5, 0.6) is 11.5 Å². The minimum Gasteiger partial charge on any atom is -0.507 e. The van der Waals surface area contributed by atoms with Crippen molar-refractivity contribution in [1.82, 2.24) is 9.80 Å². The van der Waals surface area contributed by atoms with Gasteiger partial charge in [0.15, 0.2) is 0 Å². The standard InChI is InChI=1S/C54H64N2O2.2C7H7.Hf/c1-51(2,41-23-15-11-16-24-41)45-33-39(49(57)47(35-45)53(5,6)43-27-19-13-20-28-43)37-55(9)31-32-56(10)38-40-34-46(52(3,4)42-25-17-12-18-26-42)36-48(50(40)58)54(7,8)44-29-21-14-22-30-44;2*1-7-5-3-2-4-6-7;/h11-30,33-36,57-58H,31-32,37-38H2,1-10H3;2*2-6H,1H2;/q;2*-1;+4. The molecule has 0 fully saturated rings. The molecule has 0 atom stereocenters. The van der Waals surface area contributed by atoms with E-state index in [0.29, 0.717) is 24.6 Å². The van der Waals surface area contributed by atoms with Gasteiger partial charge in [-0.1, -0.05) is 201 Å². The van der Waals surface area contributed by atoms with Crippen LogP contribution in [0.2, 0.25) is 0 Å². The van der Waals surface area contributed by atoms with E-state index in [0.717, 1.165) is 57.6 Å². The number of aromatic hydroxyl groups is 2. The van der Waals surface area contributed by atoms with Gasteiger partial charge in [-0.3, -0.25) is 0 Å². The second kappa shape index (κ2) is 25.7. The molecule has 0 aromatic heterocycles. The average molecular weight is 1130 g/mol. The van der Waals surface area contributed by atoms with Crippen molar-refractivity contribution in [3.8, 4) is 11.5 Å². The van der Waals surface area contributed by atoms with Gasteiger partial charge in [0.2, 0.25) is 0 Å². The van der Waals surface area contributed by atoms with Crippen LogP contribution >= 0.6 is 0 Å². The van der Waals surface area contributed by atoms with Crippen molar-refractivity contribution < 1.29 is 36.1 Å². The van der Waals surface area contributed by atoms with Crippen LogP contribution in [0.1, 0.15) is 122 Å². The molecule has 0 aliphatic carbocycles. The van der Waals surface area contributed by atoms with Crippen molar-refractivity contribution in [3.63, 3.8) is 0 Å². The average Bonchev–Trinajstić information content (AvgIpc) is 3.38. The zero-order valence-corrected chi connectivity index (χ0v) is 48.8. The van der Waals surface area contributed by atoms with Crippen molar-refractivity contribution >= 4 is 0 Å². The van der Waals surface area contributed by atoms with Gasteiger partial charge in [0.1, 0.15) is 11.5 Å². The van der Waals surface area contributed by atoms with Gasteiger partial charge in [-0.25, -0.2) is 0 Å². The van der Waals surface area contributed by atoms with Gasteiger partial charge in [0.25, 0.3) is 0 Å². The number of hydrogen-bond donors (Lipinski definition) is 2. The first-order valence-corrected chi connectivity index (χ1v) is 25.3. The molecule has 73 heavy (non-hydrogen) atoms. The van der Waals surface area contributed by atoms with Crippen LogP contribution in [0, 0.1) is 13.8 Å².